The molecule has 1 fully saturated rings. The van der Waals surface area contributed by atoms with Crippen molar-refractivity contribution < 1.29 is 9.15 Å². The van der Waals surface area contributed by atoms with Gasteiger partial charge in [-0.1, -0.05) is 5.10 Å². The topological polar surface area (TPSA) is 51.4 Å². The summed E-state index contributed by atoms with van der Waals surface area (Å²) in [6.45, 7) is 3.19. The van der Waals surface area contributed by atoms with Gasteiger partial charge in [-0.25, -0.2) is 0 Å². The molecule has 0 aliphatic carbocycles. The van der Waals surface area contributed by atoms with Crippen LogP contribution in [0.3, 0.4) is 0 Å². The third-order valence-corrected chi connectivity index (χ3v) is 2.29. The molecule has 0 atom stereocenters. The number of anilines is 1. The molecule has 1 saturated heterocycles. The summed E-state index contributed by atoms with van der Waals surface area (Å²) in [5, 5.41) is 7.73. The average Bonchev–Trinajstić information content (AvgIpc) is 2.53. The van der Waals surface area contributed by atoms with Crippen LogP contribution >= 0.6 is 11.6 Å². The van der Waals surface area contributed by atoms with E-state index in [9.17, 15) is 0 Å². The highest BCUT2D eigenvalue weighted by molar-refractivity contribution is 6.16. The fraction of sp³-hybridized carbons (Fsp3) is 0.750. The lowest BCUT2D eigenvalue weighted by Gasteiger charge is -2.15. The fourth-order valence-corrected chi connectivity index (χ4v) is 1.47. The van der Waals surface area contributed by atoms with Gasteiger partial charge in [-0.2, -0.15) is 0 Å². The lowest BCUT2D eigenvalue weighted by atomic mass is 10.4. The second-order valence-electron chi connectivity index (χ2n) is 3.06. The monoisotopic (exact) mass is 217 g/mol. The maximum Gasteiger partial charge on any atom is 0.318 e. The van der Waals surface area contributed by atoms with Gasteiger partial charge >= 0.3 is 6.01 Å². The van der Waals surface area contributed by atoms with Gasteiger partial charge in [0, 0.05) is 19.7 Å². The van der Waals surface area contributed by atoms with E-state index < -0.39 is 0 Å². The van der Waals surface area contributed by atoms with Gasteiger partial charge in [-0.05, 0) is 6.42 Å². The van der Waals surface area contributed by atoms with E-state index in [1.54, 1.807) is 0 Å². The van der Waals surface area contributed by atoms with Crippen LogP contribution in [0.4, 0.5) is 6.01 Å². The van der Waals surface area contributed by atoms with Crippen LogP contribution in [0, 0.1) is 0 Å². The van der Waals surface area contributed by atoms with Gasteiger partial charge in [0.25, 0.3) is 0 Å². The molecule has 1 aromatic heterocycles. The second kappa shape index (κ2) is 4.61. The molecule has 0 spiro atoms. The summed E-state index contributed by atoms with van der Waals surface area (Å²) in [4.78, 5) is 2.02. The van der Waals surface area contributed by atoms with E-state index in [4.69, 9.17) is 20.8 Å². The van der Waals surface area contributed by atoms with Crippen molar-refractivity contribution in [2.24, 2.45) is 0 Å². The van der Waals surface area contributed by atoms with Crippen molar-refractivity contribution in [1.82, 2.24) is 10.2 Å². The minimum atomic E-state index is 0.261. The van der Waals surface area contributed by atoms with E-state index in [-0.39, 0.29) is 5.88 Å². The van der Waals surface area contributed by atoms with Crippen LogP contribution in [0.1, 0.15) is 12.3 Å². The molecule has 78 valence electrons. The molecule has 1 aliphatic rings. The van der Waals surface area contributed by atoms with E-state index >= 15 is 0 Å². The lowest BCUT2D eigenvalue weighted by Crippen LogP contribution is -2.26. The normalized spacial score (nSPS) is 18.2. The molecule has 0 N–H and O–H groups in total. The highest BCUT2D eigenvalue weighted by Crippen LogP contribution is 2.14. The smallest absolute Gasteiger partial charge is 0.318 e. The Morgan fingerprint density at radius 1 is 1.29 bits per heavy atom. The number of hydrogen-bond donors (Lipinski definition) is 0. The second-order valence-corrected chi connectivity index (χ2v) is 3.33. The Kier molecular flexibility index (Phi) is 3.21. The van der Waals surface area contributed by atoms with Crippen LogP contribution in [-0.2, 0) is 10.6 Å². The van der Waals surface area contributed by atoms with Crippen LogP contribution in [0.15, 0.2) is 4.42 Å². The molecular weight excluding hydrogens is 206 g/mol. The molecule has 0 aromatic carbocycles. The number of hydrogen-bond acceptors (Lipinski definition) is 5. The quantitative estimate of drug-likeness (QED) is 0.693. The first-order valence-corrected chi connectivity index (χ1v) is 5.14. The molecule has 0 unspecified atom stereocenters. The molecule has 0 amide bonds. The first kappa shape index (κ1) is 9.73. The predicted molar refractivity (Wildman–Crippen MR) is 51.5 cm³/mol. The highest BCUT2D eigenvalue weighted by atomic mass is 35.5. The van der Waals surface area contributed by atoms with Crippen LogP contribution in [0.2, 0.25) is 0 Å². The molecule has 6 heteroatoms. The van der Waals surface area contributed by atoms with E-state index in [0.29, 0.717) is 18.5 Å². The summed E-state index contributed by atoms with van der Waals surface area (Å²) < 4.78 is 10.7. The number of rotatable bonds is 2. The van der Waals surface area contributed by atoms with Crippen LogP contribution in [0.25, 0.3) is 0 Å². The summed E-state index contributed by atoms with van der Waals surface area (Å²) in [7, 11) is 0. The van der Waals surface area contributed by atoms with Crippen molar-refractivity contribution in [3.8, 4) is 0 Å². The zero-order valence-electron chi connectivity index (χ0n) is 7.78. The molecule has 5 nitrogen and oxygen atoms in total. The van der Waals surface area contributed by atoms with Gasteiger partial charge in [-0.3, -0.25) is 0 Å². The average molecular weight is 218 g/mol. The van der Waals surface area contributed by atoms with Crippen molar-refractivity contribution in [2.75, 3.05) is 31.2 Å². The van der Waals surface area contributed by atoms with Gasteiger partial charge in [0.05, 0.1) is 6.61 Å². The van der Waals surface area contributed by atoms with Crippen molar-refractivity contribution in [2.45, 2.75) is 12.3 Å². The Balaban J connectivity index is 2.04. The maximum absolute atomic E-state index is 5.57. The van der Waals surface area contributed by atoms with Crippen molar-refractivity contribution in [3.05, 3.63) is 5.89 Å². The van der Waals surface area contributed by atoms with Crippen molar-refractivity contribution in [1.29, 1.82) is 0 Å². The highest BCUT2D eigenvalue weighted by Gasteiger charge is 2.15. The molecule has 1 aromatic rings. The van der Waals surface area contributed by atoms with Crippen molar-refractivity contribution >= 4 is 17.6 Å². The number of ether oxygens (including phenoxy) is 1. The van der Waals surface area contributed by atoms with Gasteiger partial charge in [0.15, 0.2) is 0 Å². The van der Waals surface area contributed by atoms with Gasteiger partial charge in [-0.15, -0.1) is 16.7 Å². The third kappa shape index (κ3) is 2.16. The number of nitrogens with zero attached hydrogens (tertiary/aromatic N) is 3. The van der Waals surface area contributed by atoms with Crippen LogP contribution in [0.5, 0.6) is 0 Å². The molecule has 0 bridgehead atoms. The van der Waals surface area contributed by atoms with Gasteiger partial charge in [0.2, 0.25) is 5.89 Å². The van der Waals surface area contributed by atoms with Crippen LogP contribution in [-0.4, -0.2) is 36.5 Å². The number of aromatic nitrogens is 2. The van der Waals surface area contributed by atoms with Gasteiger partial charge in [0.1, 0.15) is 5.88 Å². The maximum atomic E-state index is 5.57. The first-order chi connectivity index (χ1) is 6.90. The summed E-state index contributed by atoms with van der Waals surface area (Å²) >= 11 is 5.57. The Labute approximate surface area is 87.0 Å². The summed E-state index contributed by atoms with van der Waals surface area (Å²) in [6.07, 6.45) is 0.985. The van der Waals surface area contributed by atoms with Gasteiger partial charge < -0.3 is 14.1 Å². The summed E-state index contributed by atoms with van der Waals surface area (Å²) in [5.74, 6) is 0.726. The first-order valence-electron chi connectivity index (χ1n) is 4.61. The molecule has 2 heterocycles. The Bertz CT molecular complexity index is 284. The van der Waals surface area contributed by atoms with E-state index in [0.717, 1.165) is 26.1 Å². The zero-order chi connectivity index (χ0) is 9.80. The molecule has 0 radical (unpaired) electrons. The standard InChI is InChI=1S/C8H12ClN3O2/c9-6-7-10-11-8(14-7)12-2-1-4-13-5-3-12/h1-6H2. The number of halogens is 1. The summed E-state index contributed by atoms with van der Waals surface area (Å²) in [5.41, 5.74) is 0. The third-order valence-electron chi connectivity index (χ3n) is 2.06. The minimum absolute atomic E-state index is 0.261. The summed E-state index contributed by atoms with van der Waals surface area (Å²) in [6, 6.07) is 0.547. The fourth-order valence-electron chi connectivity index (χ4n) is 1.36. The Morgan fingerprint density at radius 3 is 3.00 bits per heavy atom. The van der Waals surface area contributed by atoms with E-state index in [2.05, 4.69) is 10.2 Å². The van der Waals surface area contributed by atoms with E-state index in [1.165, 1.54) is 0 Å². The molecule has 14 heavy (non-hydrogen) atoms. The van der Waals surface area contributed by atoms with Crippen molar-refractivity contribution in [3.63, 3.8) is 0 Å². The molecule has 1 aliphatic heterocycles. The molecule has 2 rings (SSSR count). The predicted octanol–water partition coefficient (Wildman–Crippen LogP) is 1.04. The zero-order valence-corrected chi connectivity index (χ0v) is 8.53. The van der Waals surface area contributed by atoms with Crippen LogP contribution < -0.4 is 4.90 Å². The minimum Gasteiger partial charge on any atom is -0.407 e. The lowest BCUT2D eigenvalue weighted by molar-refractivity contribution is 0.152. The SMILES string of the molecule is ClCc1nnc(N2CCCOCC2)o1. The molecular formula is C8H12ClN3O2. The number of alkyl halides is 1. The largest absolute Gasteiger partial charge is 0.407 e. The van der Waals surface area contributed by atoms with E-state index in [1.807, 2.05) is 4.90 Å². The molecule has 0 saturated carbocycles. The Hall–Kier alpha value is -0.810. The Morgan fingerprint density at radius 2 is 2.21 bits per heavy atom.